The smallest absolute Gasteiger partial charge is 0.417 e. The maximum absolute atomic E-state index is 13.2. The number of aromatic nitrogens is 2. The van der Waals surface area contributed by atoms with E-state index in [9.17, 15) is 18.0 Å². The molecular weight excluding hydrogens is 489 g/mol. The molecule has 1 heterocycles. The van der Waals surface area contributed by atoms with Crippen molar-refractivity contribution in [3.05, 3.63) is 76.8 Å². The van der Waals surface area contributed by atoms with Gasteiger partial charge in [0.05, 0.1) is 21.6 Å². The summed E-state index contributed by atoms with van der Waals surface area (Å²) >= 11 is 5.83. The van der Waals surface area contributed by atoms with Crippen molar-refractivity contribution >= 4 is 28.6 Å². The van der Waals surface area contributed by atoms with Crippen LogP contribution in [0, 0.1) is 5.92 Å². The first kappa shape index (κ1) is 24.4. The molecule has 0 unspecified atom stereocenters. The van der Waals surface area contributed by atoms with E-state index in [0.29, 0.717) is 17.3 Å². The number of hydrogen-bond acceptors (Lipinski definition) is 2. The lowest BCUT2D eigenvalue weighted by molar-refractivity contribution is -0.138. The van der Waals surface area contributed by atoms with Gasteiger partial charge in [0.15, 0.2) is 0 Å². The van der Waals surface area contributed by atoms with E-state index >= 15 is 0 Å². The Hall–Kier alpha value is -3.32. The summed E-state index contributed by atoms with van der Waals surface area (Å²) in [4.78, 5) is 18.3. The highest BCUT2D eigenvalue weighted by atomic mass is 35.5. The molecule has 1 aliphatic carbocycles. The van der Waals surface area contributed by atoms with Crippen LogP contribution in [0.4, 0.5) is 13.2 Å². The van der Waals surface area contributed by atoms with Gasteiger partial charge in [-0.2, -0.15) is 13.2 Å². The van der Waals surface area contributed by atoms with E-state index in [2.05, 4.69) is 34.2 Å². The third kappa shape index (κ3) is 5.12. The number of hydrogen-bond donors (Lipinski definition) is 2. The summed E-state index contributed by atoms with van der Waals surface area (Å²) in [6, 6.07) is 18.4. The molecule has 0 bridgehead atoms. The van der Waals surface area contributed by atoms with E-state index in [4.69, 9.17) is 16.7 Å². The molecule has 1 saturated carbocycles. The average Bonchev–Trinajstić information content (AvgIpc) is 3.26. The molecule has 4 aromatic rings. The second-order valence-corrected chi connectivity index (χ2v) is 9.85. The van der Waals surface area contributed by atoms with Gasteiger partial charge in [-0.25, -0.2) is 4.98 Å². The highest BCUT2D eigenvalue weighted by Crippen LogP contribution is 2.39. The standard InChI is InChI=1S/C28H24ClF3N2O2/c29-23-15-25-24(14-22(23)28(30,31)32)33-27(34-25)21-11-9-20(10-12-21)19-7-5-18(6-8-19)17-3-1-16(2-4-17)13-26(35)36/h5-12,14-17H,1-4,13H2,(H,33,34)(H,35,36)/t16-,17-. The Labute approximate surface area is 211 Å². The lowest BCUT2D eigenvalue weighted by Crippen LogP contribution is -2.16. The first-order valence-corrected chi connectivity index (χ1v) is 12.2. The van der Waals surface area contributed by atoms with Crippen molar-refractivity contribution in [2.24, 2.45) is 5.92 Å². The third-order valence-corrected chi connectivity index (χ3v) is 7.37. The van der Waals surface area contributed by atoms with Gasteiger partial charge in [-0.3, -0.25) is 4.79 Å². The lowest BCUT2D eigenvalue weighted by Gasteiger charge is -2.28. The molecule has 0 amide bonds. The number of aliphatic carboxylic acids is 1. The van der Waals surface area contributed by atoms with Crippen LogP contribution in [-0.4, -0.2) is 21.0 Å². The zero-order valence-corrected chi connectivity index (χ0v) is 20.0. The molecule has 1 aromatic heterocycles. The third-order valence-electron chi connectivity index (χ3n) is 7.06. The Morgan fingerprint density at radius 3 is 2.11 bits per heavy atom. The van der Waals surface area contributed by atoms with Crippen LogP contribution in [0.2, 0.25) is 5.02 Å². The van der Waals surface area contributed by atoms with E-state index in [0.717, 1.165) is 48.4 Å². The summed E-state index contributed by atoms with van der Waals surface area (Å²) in [5.41, 5.74) is 3.88. The van der Waals surface area contributed by atoms with E-state index in [1.165, 1.54) is 11.6 Å². The number of nitrogens with one attached hydrogen (secondary N) is 1. The number of H-pyrrole nitrogens is 1. The number of imidazole rings is 1. The number of aromatic amines is 1. The summed E-state index contributed by atoms with van der Waals surface area (Å²) < 4.78 is 39.5. The van der Waals surface area contributed by atoms with Crippen molar-refractivity contribution in [2.75, 3.05) is 0 Å². The number of halogens is 4. The Balaban J connectivity index is 1.30. The van der Waals surface area contributed by atoms with Crippen LogP contribution in [0.5, 0.6) is 0 Å². The van der Waals surface area contributed by atoms with Gasteiger partial charge in [-0.1, -0.05) is 60.1 Å². The predicted molar refractivity (Wildman–Crippen MR) is 134 cm³/mol. The van der Waals surface area contributed by atoms with Crippen LogP contribution in [0.25, 0.3) is 33.5 Å². The molecule has 36 heavy (non-hydrogen) atoms. The van der Waals surface area contributed by atoms with Gasteiger partial charge in [0.2, 0.25) is 0 Å². The fourth-order valence-corrected chi connectivity index (χ4v) is 5.37. The van der Waals surface area contributed by atoms with Gasteiger partial charge in [-0.05, 0) is 66.3 Å². The fourth-order valence-electron chi connectivity index (χ4n) is 5.10. The minimum Gasteiger partial charge on any atom is -0.481 e. The van der Waals surface area contributed by atoms with Gasteiger partial charge >= 0.3 is 12.1 Å². The van der Waals surface area contributed by atoms with Crippen LogP contribution < -0.4 is 0 Å². The number of nitrogens with zero attached hydrogens (tertiary/aromatic N) is 1. The molecule has 0 spiro atoms. The molecule has 0 saturated heterocycles. The van der Waals surface area contributed by atoms with Crippen LogP contribution in [0.15, 0.2) is 60.7 Å². The Morgan fingerprint density at radius 1 is 0.944 bits per heavy atom. The van der Waals surface area contributed by atoms with Crippen LogP contribution >= 0.6 is 11.6 Å². The van der Waals surface area contributed by atoms with Crippen molar-refractivity contribution < 1.29 is 23.1 Å². The van der Waals surface area contributed by atoms with E-state index in [-0.39, 0.29) is 22.9 Å². The van der Waals surface area contributed by atoms with Crippen molar-refractivity contribution in [1.29, 1.82) is 0 Å². The van der Waals surface area contributed by atoms with Crippen LogP contribution in [-0.2, 0) is 11.0 Å². The molecule has 0 aliphatic heterocycles. The summed E-state index contributed by atoms with van der Waals surface area (Å²) in [5, 5.41) is 8.64. The highest BCUT2D eigenvalue weighted by Gasteiger charge is 2.34. The Kier molecular flexibility index (Phi) is 6.51. The molecule has 2 N–H and O–H groups in total. The second kappa shape index (κ2) is 9.62. The monoisotopic (exact) mass is 512 g/mol. The van der Waals surface area contributed by atoms with Gasteiger partial charge in [0.25, 0.3) is 0 Å². The number of alkyl halides is 3. The lowest BCUT2D eigenvalue weighted by atomic mass is 9.77. The summed E-state index contributed by atoms with van der Waals surface area (Å²) in [6.07, 6.45) is -0.352. The van der Waals surface area contributed by atoms with E-state index in [1.54, 1.807) is 0 Å². The topological polar surface area (TPSA) is 66.0 Å². The van der Waals surface area contributed by atoms with Crippen molar-refractivity contribution in [1.82, 2.24) is 9.97 Å². The first-order chi connectivity index (χ1) is 17.2. The van der Waals surface area contributed by atoms with Crippen molar-refractivity contribution in [3.8, 4) is 22.5 Å². The van der Waals surface area contributed by atoms with Crippen LogP contribution in [0.3, 0.4) is 0 Å². The fraction of sp³-hybridized carbons (Fsp3) is 0.286. The quantitative estimate of drug-likeness (QED) is 0.282. The molecule has 8 heteroatoms. The number of rotatable bonds is 5. The molecule has 0 radical (unpaired) electrons. The summed E-state index contributed by atoms with van der Waals surface area (Å²) in [5.74, 6) is 0.507. The Morgan fingerprint density at radius 2 is 1.53 bits per heavy atom. The van der Waals surface area contributed by atoms with E-state index < -0.39 is 17.7 Å². The van der Waals surface area contributed by atoms with Crippen LogP contribution in [0.1, 0.15) is 49.1 Å². The molecule has 186 valence electrons. The van der Waals surface area contributed by atoms with Gasteiger partial charge in [0.1, 0.15) is 5.82 Å². The number of benzene rings is 3. The number of fused-ring (bicyclic) bond motifs is 1. The highest BCUT2D eigenvalue weighted by molar-refractivity contribution is 6.32. The molecule has 4 nitrogen and oxygen atoms in total. The SMILES string of the molecule is O=C(O)C[C@H]1CC[C@H](c2ccc(-c3ccc(-c4nc5cc(C(F)(F)F)c(Cl)cc5[nH]4)cc3)cc2)CC1. The van der Waals surface area contributed by atoms with Crippen molar-refractivity contribution in [3.63, 3.8) is 0 Å². The van der Waals surface area contributed by atoms with Gasteiger partial charge < -0.3 is 10.1 Å². The van der Waals surface area contributed by atoms with E-state index in [1.807, 2.05) is 24.3 Å². The first-order valence-electron chi connectivity index (χ1n) is 11.9. The second-order valence-electron chi connectivity index (χ2n) is 9.45. The zero-order valence-electron chi connectivity index (χ0n) is 19.3. The maximum Gasteiger partial charge on any atom is 0.417 e. The summed E-state index contributed by atoms with van der Waals surface area (Å²) in [6.45, 7) is 0. The maximum atomic E-state index is 13.2. The Bertz CT molecular complexity index is 1390. The molecular formula is C28H24ClF3N2O2. The largest absolute Gasteiger partial charge is 0.481 e. The van der Waals surface area contributed by atoms with Gasteiger partial charge in [-0.15, -0.1) is 0 Å². The minimum atomic E-state index is -4.54. The average molecular weight is 513 g/mol. The molecule has 0 atom stereocenters. The number of carboxylic acids is 1. The number of carbonyl (C=O) groups is 1. The molecule has 1 aliphatic rings. The van der Waals surface area contributed by atoms with Gasteiger partial charge in [0, 0.05) is 12.0 Å². The summed E-state index contributed by atoms with van der Waals surface area (Å²) in [7, 11) is 0. The molecule has 3 aromatic carbocycles. The predicted octanol–water partition coefficient (Wildman–Crippen LogP) is 8.32. The number of carboxylic acid groups (broad SMARTS) is 1. The minimum absolute atomic E-state index is 0.207. The molecule has 5 rings (SSSR count). The van der Waals surface area contributed by atoms with Crippen molar-refractivity contribution in [2.45, 2.75) is 44.2 Å². The molecule has 1 fully saturated rings. The zero-order chi connectivity index (χ0) is 25.4. The normalized spacial score (nSPS) is 18.4.